The van der Waals surface area contributed by atoms with E-state index in [-0.39, 0.29) is 5.75 Å². The fourth-order valence-electron chi connectivity index (χ4n) is 2.35. The minimum atomic E-state index is 0.279. The van der Waals surface area contributed by atoms with E-state index in [2.05, 4.69) is 24.0 Å². The van der Waals surface area contributed by atoms with Crippen molar-refractivity contribution in [3.8, 4) is 16.9 Å². The summed E-state index contributed by atoms with van der Waals surface area (Å²) in [7, 11) is 0. The van der Waals surface area contributed by atoms with Gasteiger partial charge in [0.2, 0.25) is 0 Å². The number of H-pyrrole nitrogens is 1. The lowest BCUT2D eigenvalue weighted by Gasteiger charge is -2.10. The van der Waals surface area contributed by atoms with Crippen LogP contribution in [-0.2, 0) is 0 Å². The predicted molar refractivity (Wildman–Crippen MR) is 81.7 cm³/mol. The van der Waals surface area contributed by atoms with E-state index in [0.29, 0.717) is 11.7 Å². The number of phenols is 1. The summed E-state index contributed by atoms with van der Waals surface area (Å²) in [5.74, 6) is 1.19. The van der Waals surface area contributed by atoms with Crippen LogP contribution in [0, 0.1) is 0 Å². The van der Waals surface area contributed by atoms with Crippen molar-refractivity contribution in [2.75, 3.05) is 5.73 Å². The van der Waals surface area contributed by atoms with Gasteiger partial charge < -0.3 is 10.8 Å². The fourth-order valence-corrected chi connectivity index (χ4v) is 2.35. The molecule has 102 valence electrons. The van der Waals surface area contributed by atoms with E-state index in [1.54, 1.807) is 6.07 Å². The number of nitrogens with one attached hydrogen (secondary N) is 1. The number of hydrogen-bond donors (Lipinski definition) is 3. The number of fused-ring (bicyclic) bond motifs is 1. The number of benzene rings is 2. The lowest BCUT2D eigenvalue weighted by molar-refractivity contribution is 0.477. The fraction of sp³-hybridized carbons (Fsp3) is 0.188. The summed E-state index contributed by atoms with van der Waals surface area (Å²) in [5, 5.41) is 17.9. The molecule has 0 amide bonds. The van der Waals surface area contributed by atoms with E-state index in [1.807, 2.05) is 30.3 Å². The van der Waals surface area contributed by atoms with Gasteiger partial charge in [-0.05, 0) is 41.3 Å². The maximum absolute atomic E-state index is 10.1. The Morgan fingerprint density at radius 2 is 1.95 bits per heavy atom. The highest BCUT2D eigenvalue weighted by atomic mass is 16.3. The number of aromatic nitrogens is 2. The maximum Gasteiger partial charge on any atom is 0.153 e. The number of phenolic OH excluding ortho intramolecular Hbond substituents is 1. The normalized spacial score (nSPS) is 11.3. The molecule has 2 aromatic carbocycles. The number of nitrogen functional groups attached to an aromatic ring is 1. The highest BCUT2D eigenvalue weighted by molar-refractivity contribution is 5.92. The lowest BCUT2D eigenvalue weighted by Crippen LogP contribution is -1.89. The zero-order chi connectivity index (χ0) is 14.3. The molecule has 0 bridgehead atoms. The standard InChI is InChI=1S/C16H17N3O/c1-9(2)10-4-6-15(20)13(7-10)11-3-5-12-14(8-11)18-19-16(12)17/h3-9,20H,1-2H3,(H3,17,18,19). The second-order valence-corrected chi connectivity index (χ2v) is 5.30. The molecule has 0 aliphatic rings. The van der Waals surface area contributed by atoms with Crippen LogP contribution in [0.25, 0.3) is 22.0 Å². The molecule has 3 aromatic rings. The molecule has 0 atom stereocenters. The molecule has 1 aromatic heterocycles. The van der Waals surface area contributed by atoms with Crippen LogP contribution in [0.15, 0.2) is 36.4 Å². The van der Waals surface area contributed by atoms with Gasteiger partial charge >= 0.3 is 0 Å². The summed E-state index contributed by atoms with van der Waals surface area (Å²) in [6, 6.07) is 11.6. The Morgan fingerprint density at radius 3 is 2.70 bits per heavy atom. The van der Waals surface area contributed by atoms with Crippen LogP contribution < -0.4 is 5.73 Å². The molecule has 4 heteroatoms. The second-order valence-electron chi connectivity index (χ2n) is 5.30. The maximum atomic E-state index is 10.1. The Kier molecular flexibility index (Phi) is 2.86. The first-order valence-corrected chi connectivity index (χ1v) is 6.63. The SMILES string of the molecule is CC(C)c1ccc(O)c(-c2ccc3c(N)n[nH]c3c2)c1. The van der Waals surface area contributed by atoms with E-state index < -0.39 is 0 Å². The number of nitrogens with two attached hydrogens (primary N) is 1. The first-order valence-electron chi connectivity index (χ1n) is 6.63. The van der Waals surface area contributed by atoms with Crippen LogP contribution in [0.2, 0.25) is 0 Å². The third kappa shape index (κ3) is 1.99. The number of aromatic amines is 1. The van der Waals surface area contributed by atoms with E-state index in [4.69, 9.17) is 5.73 Å². The predicted octanol–water partition coefficient (Wildman–Crippen LogP) is 3.64. The smallest absolute Gasteiger partial charge is 0.153 e. The second kappa shape index (κ2) is 4.56. The summed E-state index contributed by atoms with van der Waals surface area (Å²) in [4.78, 5) is 0. The zero-order valence-electron chi connectivity index (χ0n) is 11.5. The molecule has 0 spiro atoms. The Bertz CT molecular complexity index is 774. The minimum absolute atomic E-state index is 0.279. The summed E-state index contributed by atoms with van der Waals surface area (Å²) < 4.78 is 0. The largest absolute Gasteiger partial charge is 0.507 e. The van der Waals surface area contributed by atoms with Gasteiger partial charge in [0.25, 0.3) is 0 Å². The van der Waals surface area contributed by atoms with Gasteiger partial charge in [-0.15, -0.1) is 0 Å². The highest BCUT2D eigenvalue weighted by Crippen LogP contribution is 2.34. The number of aromatic hydroxyl groups is 1. The van der Waals surface area contributed by atoms with Gasteiger partial charge in [0.1, 0.15) is 5.75 Å². The lowest BCUT2D eigenvalue weighted by atomic mass is 9.96. The molecular formula is C16H17N3O. The number of anilines is 1. The monoisotopic (exact) mass is 267 g/mol. The number of rotatable bonds is 2. The van der Waals surface area contributed by atoms with Gasteiger partial charge in [-0.3, -0.25) is 5.10 Å². The summed E-state index contributed by atoms with van der Waals surface area (Å²) in [6.45, 7) is 4.27. The van der Waals surface area contributed by atoms with Crippen molar-refractivity contribution < 1.29 is 5.11 Å². The van der Waals surface area contributed by atoms with Crippen LogP contribution in [0.3, 0.4) is 0 Å². The highest BCUT2D eigenvalue weighted by Gasteiger charge is 2.10. The zero-order valence-corrected chi connectivity index (χ0v) is 11.5. The molecular weight excluding hydrogens is 250 g/mol. The van der Waals surface area contributed by atoms with Crippen molar-refractivity contribution in [1.29, 1.82) is 0 Å². The van der Waals surface area contributed by atoms with E-state index in [9.17, 15) is 5.11 Å². The molecule has 0 aliphatic heterocycles. The Hall–Kier alpha value is -2.49. The minimum Gasteiger partial charge on any atom is -0.507 e. The van der Waals surface area contributed by atoms with Gasteiger partial charge in [0.15, 0.2) is 5.82 Å². The van der Waals surface area contributed by atoms with Crippen LogP contribution in [0.1, 0.15) is 25.3 Å². The van der Waals surface area contributed by atoms with Gasteiger partial charge in [0, 0.05) is 10.9 Å². The first kappa shape index (κ1) is 12.5. The van der Waals surface area contributed by atoms with Gasteiger partial charge in [-0.2, -0.15) is 5.10 Å². The average Bonchev–Trinajstić information content (AvgIpc) is 2.80. The molecule has 1 heterocycles. The molecule has 0 aliphatic carbocycles. The van der Waals surface area contributed by atoms with Crippen molar-refractivity contribution in [3.05, 3.63) is 42.0 Å². The van der Waals surface area contributed by atoms with E-state index in [1.165, 1.54) is 5.56 Å². The summed E-state index contributed by atoms with van der Waals surface area (Å²) >= 11 is 0. The first-order chi connectivity index (χ1) is 9.56. The van der Waals surface area contributed by atoms with Crippen molar-refractivity contribution in [1.82, 2.24) is 10.2 Å². The quantitative estimate of drug-likeness (QED) is 0.663. The Labute approximate surface area is 117 Å². The third-order valence-corrected chi connectivity index (χ3v) is 3.59. The Balaban J connectivity index is 2.16. The van der Waals surface area contributed by atoms with E-state index in [0.717, 1.165) is 22.0 Å². The summed E-state index contributed by atoms with van der Waals surface area (Å²) in [6.07, 6.45) is 0. The number of nitrogens with zero attached hydrogens (tertiary/aromatic N) is 1. The third-order valence-electron chi connectivity index (χ3n) is 3.59. The van der Waals surface area contributed by atoms with E-state index >= 15 is 0 Å². The van der Waals surface area contributed by atoms with Crippen LogP contribution in [-0.4, -0.2) is 15.3 Å². The average molecular weight is 267 g/mol. The molecule has 0 unspecified atom stereocenters. The van der Waals surface area contributed by atoms with Crippen molar-refractivity contribution >= 4 is 16.7 Å². The topological polar surface area (TPSA) is 74.9 Å². The van der Waals surface area contributed by atoms with Crippen LogP contribution in [0.4, 0.5) is 5.82 Å². The van der Waals surface area contributed by atoms with Crippen molar-refractivity contribution in [2.24, 2.45) is 0 Å². The van der Waals surface area contributed by atoms with Crippen LogP contribution >= 0.6 is 0 Å². The molecule has 0 saturated heterocycles. The number of hydrogen-bond acceptors (Lipinski definition) is 3. The summed E-state index contributed by atoms with van der Waals surface area (Å²) in [5.41, 5.74) is 9.60. The molecule has 0 saturated carbocycles. The molecule has 20 heavy (non-hydrogen) atoms. The van der Waals surface area contributed by atoms with Crippen molar-refractivity contribution in [3.63, 3.8) is 0 Å². The van der Waals surface area contributed by atoms with Crippen molar-refractivity contribution in [2.45, 2.75) is 19.8 Å². The molecule has 4 nitrogen and oxygen atoms in total. The van der Waals surface area contributed by atoms with Gasteiger partial charge in [-0.1, -0.05) is 26.0 Å². The van der Waals surface area contributed by atoms with Gasteiger partial charge in [0.05, 0.1) is 5.52 Å². The van der Waals surface area contributed by atoms with Crippen LogP contribution in [0.5, 0.6) is 5.75 Å². The van der Waals surface area contributed by atoms with Gasteiger partial charge in [-0.25, -0.2) is 0 Å². The Morgan fingerprint density at radius 1 is 1.15 bits per heavy atom. The molecule has 4 N–H and O–H groups in total. The molecule has 3 rings (SSSR count). The molecule has 0 fully saturated rings. The molecule has 0 radical (unpaired) electrons.